The van der Waals surface area contributed by atoms with Crippen LogP contribution in [0.2, 0.25) is 0 Å². The zero-order valence-corrected chi connectivity index (χ0v) is 19.3. The Morgan fingerprint density at radius 1 is 1.03 bits per heavy atom. The highest BCUT2D eigenvalue weighted by Crippen LogP contribution is 2.51. The van der Waals surface area contributed by atoms with Crippen molar-refractivity contribution >= 4 is 24.1 Å². The Hall–Kier alpha value is -2.23. The number of carbonyl (C=O) groups excluding carboxylic acids is 1. The predicted molar refractivity (Wildman–Crippen MR) is 120 cm³/mol. The number of alkyl halides is 3. The van der Waals surface area contributed by atoms with Crippen LogP contribution in [0.15, 0.2) is 42.6 Å². The van der Waals surface area contributed by atoms with Crippen LogP contribution in [0.3, 0.4) is 0 Å². The molecule has 3 fully saturated rings. The highest BCUT2D eigenvalue weighted by molar-refractivity contribution is 6.02. The smallest absolute Gasteiger partial charge is 0.357 e. The molecule has 34 heavy (non-hydrogen) atoms. The van der Waals surface area contributed by atoms with Crippen molar-refractivity contribution in [3.05, 3.63) is 59.5 Å². The van der Waals surface area contributed by atoms with Gasteiger partial charge in [-0.05, 0) is 55.9 Å². The molecular formula is C24H26ClF4N3O2. The minimum absolute atomic E-state index is 0. The van der Waals surface area contributed by atoms with Gasteiger partial charge in [0.1, 0.15) is 17.2 Å². The van der Waals surface area contributed by atoms with Crippen LogP contribution in [0.5, 0.6) is 0 Å². The van der Waals surface area contributed by atoms with E-state index < -0.39 is 28.8 Å². The largest absolute Gasteiger partial charge is 0.419 e. The topological polar surface area (TPSA) is 45.7 Å². The van der Waals surface area contributed by atoms with Crippen LogP contribution >= 0.6 is 12.4 Å². The lowest BCUT2D eigenvalue weighted by Gasteiger charge is -2.50. The fraction of sp³-hybridized carbons (Fsp3) is 0.500. The van der Waals surface area contributed by atoms with E-state index in [1.165, 1.54) is 23.2 Å². The molecule has 3 heterocycles. The Balaban J connectivity index is 0.00000274. The number of aromatic nitrogens is 1. The summed E-state index contributed by atoms with van der Waals surface area (Å²) in [6.07, 6.45) is -0.552. The molecule has 1 aromatic heterocycles. The Kier molecular flexibility index (Phi) is 6.65. The molecule has 2 spiro atoms. The molecule has 0 bridgehead atoms. The fourth-order valence-corrected chi connectivity index (χ4v) is 4.95. The van der Waals surface area contributed by atoms with E-state index >= 15 is 0 Å². The Morgan fingerprint density at radius 3 is 2.38 bits per heavy atom. The van der Waals surface area contributed by atoms with Crippen molar-refractivity contribution in [1.29, 1.82) is 0 Å². The van der Waals surface area contributed by atoms with Crippen molar-refractivity contribution in [3.63, 3.8) is 0 Å². The van der Waals surface area contributed by atoms with Gasteiger partial charge in [-0.3, -0.25) is 9.69 Å². The summed E-state index contributed by atoms with van der Waals surface area (Å²) in [5.41, 5.74) is -1.99. The van der Waals surface area contributed by atoms with Crippen molar-refractivity contribution in [2.24, 2.45) is 0 Å². The van der Waals surface area contributed by atoms with E-state index in [2.05, 4.69) is 9.88 Å². The molecule has 1 aromatic carbocycles. The van der Waals surface area contributed by atoms with Crippen molar-refractivity contribution in [2.75, 3.05) is 31.1 Å². The monoisotopic (exact) mass is 499 g/mol. The number of anilines is 1. The van der Waals surface area contributed by atoms with Crippen LogP contribution in [0.4, 0.5) is 23.4 Å². The van der Waals surface area contributed by atoms with E-state index in [-0.39, 0.29) is 30.6 Å². The average molecular weight is 500 g/mol. The number of likely N-dealkylation sites (tertiary alicyclic amines) is 1. The molecule has 2 aromatic rings. The lowest BCUT2D eigenvalue weighted by Crippen LogP contribution is -2.63. The molecule has 1 amide bonds. The van der Waals surface area contributed by atoms with Gasteiger partial charge in [0.05, 0.1) is 17.7 Å². The number of benzene rings is 1. The normalized spacial score (nSPS) is 21.5. The summed E-state index contributed by atoms with van der Waals surface area (Å²) in [5, 5.41) is 0. The maximum atomic E-state index is 13.9. The molecule has 2 saturated heterocycles. The highest BCUT2D eigenvalue weighted by atomic mass is 35.5. The molecule has 0 atom stereocenters. The standard InChI is InChI=1S/C24H25F4N3O2.ClH/c25-19-6-2-1-4-17(19)7-13-30-14-10-22(11-15-30)16-31(21(32)23(33-22)8-9-23)20-18(24(26,27)28)5-3-12-29-20;/h1-6,12H,7-11,13-16H2;1H. The number of carbonyl (C=O) groups is 1. The third kappa shape index (κ3) is 4.65. The van der Waals surface area contributed by atoms with Crippen LogP contribution in [0.25, 0.3) is 0 Å². The van der Waals surface area contributed by atoms with Gasteiger partial charge in [0.15, 0.2) is 0 Å². The molecule has 3 aliphatic rings. The van der Waals surface area contributed by atoms with E-state index in [1.54, 1.807) is 12.1 Å². The van der Waals surface area contributed by atoms with E-state index in [9.17, 15) is 22.4 Å². The summed E-state index contributed by atoms with van der Waals surface area (Å²) in [6, 6.07) is 8.89. The number of nitrogens with zero attached hydrogens (tertiary/aromatic N) is 3. The number of hydrogen-bond acceptors (Lipinski definition) is 4. The van der Waals surface area contributed by atoms with Crippen LogP contribution in [-0.2, 0) is 22.1 Å². The second kappa shape index (κ2) is 9.09. The quantitative estimate of drug-likeness (QED) is 0.575. The van der Waals surface area contributed by atoms with Gasteiger partial charge in [-0.25, -0.2) is 9.37 Å². The van der Waals surface area contributed by atoms with E-state index in [0.29, 0.717) is 57.3 Å². The summed E-state index contributed by atoms with van der Waals surface area (Å²) >= 11 is 0. The van der Waals surface area contributed by atoms with Gasteiger partial charge in [0, 0.05) is 25.8 Å². The first-order chi connectivity index (χ1) is 15.7. The van der Waals surface area contributed by atoms with E-state index in [1.807, 2.05) is 6.07 Å². The zero-order chi connectivity index (χ0) is 23.3. The molecule has 10 heteroatoms. The summed E-state index contributed by atoms with van der Waals surface area (Å²) in [7, 11) is 0. The molecule has 1 aliphatic carbocycles. The number of amides is 1. The summed E-state index contributed by atoms with van der Waals surface area (Å²) in [4.78, 5) is 20.5. The zero-order valence-electron chi connectivity index (χ0n) is 18.5. The number of ether oxygens (including phenoxy) is 1. The third-order valence-corrected chi connectivity index (χ3v) is 6.97. The molecule has 184 valence electrons. The first-order valence-electron chi connectivity index (χ1n) is 11.2. The molecular weight excluding hydrogens is 474 g/mol. The first kappa shape index (κ1) is 24.9. The maximum absolute atomic E-state index is 13.9. The number of pyridine rings is 1. The SMILES string of the molecule is Cl.O=C1N(c2ncccc2C(F)(F)F)CC2(CCN(CCc3ccccc3F)CC2)OC12CC2. The van der Waals surface area contributed by atoms with Crippen LogP contribution in [-0.4, -0.2) is 53.2 Å². The van der Waals surface area contributed by atoms with Gasteiger partial charge < -0.3 is 9.64 Å². The highest BCUT2D eigenvalue weighted by Gasteiger charge is 2.62. The second-order valence-electron chi connectivity index (χ2n) is 9.23. The minimum atomic E-state index is -4.61. The lowest BCUT2D eigenvalue weighted by molar-refractivity contribution is -0.172. The molecule has 0 unspecified atom stereocenters. The Labute approximate surface area is 201 Å². The van der Waals surface area contributed by atoms with E-state index in [0.717, 1.165) is 6.07 Å². The van der Waals surface area contributed by atoms with Crippen molar-refractivity contribution in [1.82, 2.24) is 9.88 Å². The number of halogens is 5. The molecule has 2 aliphatic heterocycles. The van der Waals surface area contributed by atoms with Crippen LogP contribution in [0.1, 0.15) is 36.8 Å². The number of morpholine rings is 1. The number of rotatable bonds is 4. The van der Waals surface area contributed by atoms with Crippen molar-refractivity contribution in [2.45, 2.75) is 49.5 Å². The Morgan fingerprint density at radius 2 is 1.74 bits per heavy atom. The molecule has 5 rings (SSSR count). The van der Waals surface area contributed by atoms with Gasteiger partial charge in [-0.15, -0.1) is 12.4 Å². The van der Waals surface area contributed by atoms with Gasteiger partial charge >= 0.3 is 6.18 Å². The average Bonchev–Trinajstić information content (AvgIpc) is 3.56. The summed E-state index contributed by atoms with van der Waals surface area (Å²) < 4.78 is 61.2. The maximum Gasteiger partial charge on any atom is 0.419 e. The van der Waals surface area contributed by atoms with Crippen molar-refractivity contribution in [3.8, 4) is 0 Å². The van der Waals surface area contributed by atoms with Crippen molar-refractivity contribution < 1.29 is 27.1 Å². The van der Waals surface area contributed by atoms with E-state index in [4.69, 9.17) is 4.74 Å². The number of piperidine rings is 1. The summed E-state index contributed by atoms with van der Waals surface area (Å²) in [6.45, 7) is 2.07. The van der Waals surface area contributed by atoms with Crippen LogP contribution in [0, 0.1) is 5.82 Å². The van der Waals surface area contributed by atoms with Crippen LogP contribution < -0.4 is 4.90 Å². The molecule has 5 nitrogen and oxygen atoms in total. The van der Waals surface area contributed by atoms with Gasteiger partial charge in [0.25, 0.3) is 5.91 Å². The third-order valence-electron chi connectivity index (χ3n) is 6.97. The first-order valence-corrected chi connectivity index (χ1v) is 11.2. The molecule has 1 saturated carbocycles. The van der Waals surface area contributed by atoms with Gasteiger partial charge in [-0.1, -0.05) is 18.2 Å². The van der Waals surface area contributed by atoms with Gasteiger partial charge in [-0.2, -0.15) is 13.2 Å². The predicted octanol–water partition coefficient (Wildman–Crippen LogP) is 4.63. The molecule has 0 N–H and O–H groups in total. The second-order valence-corrected chi connectivity index (χ2v) is 9.23. The Bertz CT molecular complexity index is 1050. The minimum Gasteiger partial charge on any atom is -0.357 e. The summed E-state index contributed by atoms with van der Waals surface area (Å²) in [5.74, 6) is -0.993. The lowest BCUT2D eigenvalue weighted by atomic mass is 9.87. The molecule has 0 radical (unpaired) electrons. The van der Waals surface area contributed by atoms with Gasteiger partial charge in [0.2, 0.25) is 0 Å². The number of hydrogen-bond donors (Lipinski definition) is 0. The fourth-order valence-electron chi connectivity index (χ4n) is 4.95.